The molecule has 0 heterocycles. The Balaban J connectivity index is 1.69. The first-order valence-corrected chi connectivity index (χ1v) is 7.56. The van der Waals surface area contributed by atoms with Crippen molar-refractivity contribution in [2.45, 2.75) is 33.7 Å². The lowest BCUT2D eigenvalue weighted by Gasteiger charge is -2.14. The molecule has 112 valence electrons. The number of carbonyl (C=O) groups excluding carboxylic acids is 1. The summed E-state index contributed by atoms with van der Waals surface area (Å²) in [6, 6.07) is 8.01. The molecule has 1 aromatic rings. The average molecular weight is 285 g/mol. The van der Waals surface area contributed by atoms with Crippen LogP contribution in [0.5, 0.6) is 5.75 Å². The zero-order valence-electron chi connectivity index (χ0n) is 13.2. The second kappa shape index (κ2) is 4.90. The monoisotopic (exact) mass is 285 g/mol. The van der Waals surface area contributed by atoms with Crippen LogP contribution in [0.1, 0.15) is 32.8 Å². The summed E-state index contributed by atoms with van der Waals surface area (Å²) in [5.74, 6) is 2.23. The minimum Gasteiger partial charge on any atom is -0.497 e. The number of allylic oxidation sites excluding steroid dienone is 2. The first-order valence-electron chi connectivity index (χ1n) is 7.56. The number of rotatable bonds is 4. The van der Waals surface area contributed by atoms with E-state index in [2.05, 4.69) is 19.2 Å². The quantitative estimate of drug-likeness (QED) is 0.863. The van der Waals surface area contributed by atoms with Gasteiger partial charge < -0.3 is 10.1 Å². The van der Waals surface area contributed by atoms with Crippen molar-refractivity contribution >= 4 is 5.78 Å². The van der Waals surface area contributed by atoms with Gasteiger partial charge in [-0.3, -0.25) is 4.79 Å². The molecule has 0 unspecified atom stereocenters. The third kappa shape index (κ3) is 2.35. The van der Waals surface area contributed by atoms with E-state index in [4.69, 9.17) is 4.74 Å². The van der Waals surface area contributed by atoms with Gasteiger partial charge in [0.15, 0.2) is 5.78 Å². The number of fused-ring (bicyclic) bond motifs is 1. The van der Waals surface area contributed by atoms with Gasteiger partial charge >= 0.3 is 0 Å². The number of ether oxygens (including phenoxy) is 1. The molecule has 1 aromatic carbocycles. The molecule has 3 nitrogen and oxygen atoms in total. The highest BCUT2D eigenvalue weighted by atomic mass is 16.5. The van der Waals surface area contributed by atoms with Crippen LogP contribution in [-0.4, -0.2) is 12.9 Å². The lowest BCUT2D eigenvalue weighted by atomic mass is 9.95. The second-order valence-electron chi connectivity index (χ2n) is 6.77. The molecule has 2 fully saturated rings. The van der Waals surface area contributed by atoms with E-state index in [1.807, 2.05) is 31.2 Å². The van der Waals surface area contributed by atoms with Crippen molar-refractivity contribution in [3.63, 3.8) is 0 Å². The molecule has 1 N–H and O–H groups in total. The highest BCUT2D eigenvalue weighted by molar-refractivity contribution is 6.01. The Morgan fingerprint density at radius 3 is 2.57 bits per heavy atom. The Hall–Kier alpha value is -1.77. The topological polar surface area (TPSA) is 38.3 Å². The molecule has 2 saturated carbocycles. The van der Waals surface area contributed by atoms with Gasteiger partial charge in [0.1, 0.15) is 5.75 Å². The standard InChI is InChI=1S/C18H23NO2/c1-11(16-15(20)9-14-17(16)18(14,2)3)19-10-12-5-7-13(21-4)8-6-12/h5-8,14,17,19H,9-10H2,1-4H3/t14-,17+/m1/s1. The summed E-state index contributed by atoms with van der Waals surface area (Å²) in [5.41, 5.74) is 3.59. The lowest BCUT2D eigenvalue weighted by Crippen LogP contribution is -2.18. The molecule has 0 spiro atoms. The molecule has 0 saturated heterocycles. The molecule has 2 atom stereocenters. The van der Waals surface area contributed by atoms with Crippen LogP contribution in [0.25, 0.3) is 0 Å². The first kappa shape index (κ1) is 14.2. The van der Waals surface area contributed by atoms with Crippen molar-refractivity contribution < 1.29 is 9.53 Å². The predicted molar refractivity (Wildman–Crippen MR) is 82.9 cm³/mol. The summed E-state index contributed by atoms with van der Waals surface area (Å²) in [7, 11) is 1.67. The van der Waals surface area contributed by atoms with E-state index >= 15 is 0 Å². The summed E-state index contributed by atoms with van der Waals surface area (Å²) in [4.78, 5) is 12.1. The van der Waals surface area contributed by atoms with Crippen LogP contribution in [0.2, 0.25) is 0 Å². The molecule has 0 amide bonds. The molecule has 21 heavy (non-hydrogen) atoms. The summed E-state index contributed by atoms with van der Waals surface area (Å²) in [6.45, 7) is 7.31. The van der Waals surface area contributed by atoms with Gasteiger partial charge in [-0.15, -0.1) is 0 Å². The number of carbonyl (C=O) groups is 1. The van der Waals surface area contributed by atoms with Crippen LogP contribution in [-0.2, 0) is 11.3 Å². The van der Waals surface area contributed by atoms with Crippen molar-refractivity contribution in [3.05, 3.63) is 41.1 Å². The number of Topliss-reactive ketones (excluding diaryl/α,β-unsaturated/α-hetero) is 1. The lowest BCUT2D eigenvalue weighted by molar-refractivity contribution is -0.115. The number of benzene rings is 1. The van der Waals surface area contributed by atoms with Crippen LogP contribution in [0, 0.1) is 17.3 Å². The van der Waals surface area contributed by atoms with Crippen molar-refractivity contribution in [2.24, 2.45) is 17.3 Å². The Bertz CT molecular complexity index is 598. The summed E-state index contributed by atoms with van der Waals surface area (Å²) in [5, 5.41) is 3.42. The summed E-state index contributed by atoms with van der Waals surface area (Å²) < 4.78 is 5.16. The molecule has 2 aliphatic rings. The van der Waals surface area contributed by atoms with Gasteiger partial charge in [-0.2, -0.15) is 0 Å². The van der Waals surface area contributed by atoms with Gasteiger partial charge in [-0.05, 0) is 41.9 Å². The van der Waals surface area contributed by atoms with Crippen LogP contribution < -0.4 is 10.1 Å². The molecular formula is C18H23NO2. The molecule has 3 rings (SSSR count). The number of ketones is 1. The fraction of sp³-hybridized carbons (Fsp3) is 0.500. The zero-order chi connectivity index (χ0) is 15.2. The summed E-state index contributed by atoms with van der Waals surface area (Å²) >= 11 is 0. The Labute approximate surface area is 126 Å². The molecule has 3 heteroatoms. The Morgan fingerprint density at radius 1 is 1.33 bits per heavy atom. The van der Waals surface area contributed by atoms with Gasteiger partial charge in [-0.1, -0.05) is 26.0 Å². The van der Waals surface area contributed by atoms with Crippen molar-refractivity contribution in [3.8, 4) is 5.75 Å². The number of hydrogen-bond donors (Lipinski definition) is 1. The van der Waals surface area contributed by atoms with Crippen LogP contribution in [0.4, 0.5) is 0 Å². The third-order valence-corrected chi connectivity index (χ3v) is 5.19. The number of methoxy groups -OCH3 is 1. The maximum Gasteiger partial charge on any atom is 0.161 e. The van der Waals surface area contributed by atoms with E-state index in [0.29, 0.717) is 23.0 Å². The van der Waals surface area contributed by atoms with Gasteiger partial charge in [-0.25, -0.2) is 0 Å². The largest absolute Gasteiger partial charge is 0.497 e. The minimum atomic E-state index is 0.312. The molecule has 0 aliphatic heterocycles. The molecule has 0 bridgehead atoms. The second-order valence-corrected chi connectivity index (χ2v) is 6.77. The van der Waals surface area contributed by atoms with Crippen LogP contribution in [0.15, 0.2) is 35.5 Å². The predicted octanol–water partition coefficient (Wildman–Crippen LogP) is 3.30. The van der Waals surface area contributed by atoms with Gasteiger partial charge in [0.2, 0.25) is 0 Å². The highest BCUT2D eigenvalue weighted by Crippen LogP contribution is 2.68. The normalized spacial score (nSPS) is 28.1. The van der Waals surface area contributed by atoms with E-state index in [0.717, 1.165) is 30.0 Å². The minimum absolute atomic E-state index is 0.312. The SMILES string of the molecule is COc1ccc(CNC(C)=C2C(=O)C[C@@H]3[C@@H]2C3(C)C)cc1. The van der Waals surface area contributed by atoms with Crippen LogP contribution >= 0.6 is 0 Å². The third-order valence-electron chi connectivity index (χ3n) is 5.19. The van der Waals surface area contributed by atoms with Crippen molar-refractivity contribution in [2.75, 3.05) is 7.11 Å². The van der Waals surface area contributed by atoms with Gasteiger partial charge in [0.25, 0.3) is 0 Å². The van der Waals surface area contributed by atoms with Crippen molar-refractivity contribution in [1.29, 1.82) is 0 Å². The van der Waals surface area contributed by atoms with E-state index in [-0.39, 0.29) is 0 Å². The fourth-order valence-electron chi connectivity index (χ4n) is 3.70. The maximum atomic E-state index is 12.1. The highest BCUT2D eigenvalue weighted by Gasteiger charge is 2.65. The smallest absolute Gasteiger partial charge is 0.161 e. The fourth-order valence-corrected chi connectivity index (χ4v) is 3.70. The molecule has 0 radical (unpaired) electrons. The summed E-state index contributed by atoms with van der Waals surface area (Å²) in [6.07, 6.45) is 0.731. The molecular weight excluding hydrogens is 262 g/mol. The van der Waals surface area contributed by atoms with E-state index in [1.54, 1.807) is 7.11 Å². The van der Waals surface area contributed by atoms with Gasteiger partial charge in [0, 0.05) is 24.2 Å². The van der Waals surface area contributed by atoms with E-state index in [1.165, 1.54) is 5.56 Å². The Kier molecular flexibility index (Phi) is 3.31. The molecule has 0 aromatic heterocycles. The zero-order valence-corrected chi connectivity index (χ0v) is 13.2. The van der Waals surface area contributed by atoms with Crippen molar-refractivity contribution in [1.82, 2.24) is 5.32 Å². The molecule has 2 aliphatic carbocycles. The number of nitrogens with one attached hydrogen (secondary N) is 1. The average Bonchev–Trinajstić information content (AvgIpc) is 2.83. The first-order chi connectivity index (χ1) is 9.95. The number of hydrogen-bond acceptors (Lipinski definition) is 3. The van der Waals surface area contributed by atoms with Gasteiger partial charge in [0.05, 0.1) is 7.11 Å². The maximum absolute atomic E-state index is 12.1. The van der Waals surface area contributed by atoms with E-state index in [9.17, 15) is 4.79 Å². The van der Waals surface area contributed by atoms with Crippen LogP contribution in [0.3, 0.4) is 0 Å². The van der Waals surface area contributed by atoms with E-state index < -0.39 is 0 Å². The Morgan fingerprint density at radius 2 is 2.00 bits per heavy atom.